The summed E-state index contributed by atoms with van der Waals surface area (Å²) in [5, 5.41) is 22.7. The topological polar surface area (TPSA) is 127 Å². The number of aromatic hydroxyl groups is 1. The summed E-state index contributed by atoms with van der Waals surface area (Å²) in [6, 6.07) is 3.18. The molecule has 0 saturated carbocycles. The predicted octanol–water partition coefficient (Wildman–Crippen LogP) is 4.53. The minimum atomic E-state index is -4.20. The van der Waals surface area contributed by atoms with Crippen LogP contribution in [0.5, 0.6) is 11.5 Å². The van der Waals surface area contributed by atoms with E-state index in [9.17, 15) is 19.6 Å². The Hall–Kier alpha value is -1.87. The molecular formula is C20H25Cl2N2O7P. The Balaban J connectivity index is 2.31. The molecule has 0 aliphatic carbocycles. The molecule has 1 heterocycles. The van der Waals surface area contributed by atoms with Gasteiger partial charge in [0.15, 0.2) is 0 Å². The molecule has 2 rings (SSSR count). The normalized spacial score (nSPS) is 14.1. The first-order valence-electron chi connectivity index (χ1n) is 9.60. The van der Waals surface area contributed by atoms with Crippen LogP contribution in [-0.2, 0) is 31.8 Å². The predicted molar refractivity (Wildman–Crippen MR) is 120 cm³/mol. The largest absolute Gasteiger partial charge is 0.506 e. The Morgan fingerprint density at radius 3 is 2.53 bits per heavy atom. The third-order valence-electron chi connectivity index (χ3n) is 4.15. The van der Waals surface area contributed by atoms with Gasteiger partial charge in [-0.05, 0) is 39.8 Å². The first-order valence-corrected chi connectivity index (χ1v) is 11.9. The number of rotatable bonds is 10. The van der Waals surface area contributed by atoms with Crippen LogP contribution in [0.15, 0.2) is 24.4 Å². The number of esters is 1. The van der Waals surface area contributed by atoms with Crippen LogP contribution < -0.4 is 9.61 Å². The fourth-order valence-electron chi connectivity index (χ4n) is 2.53. The number of ether oxygens (including phenoxy) is 1. The van der Waals surface area contributed by atoms with Gasteiger partial charge in [-0.2, -0.15) is 5.09 Å². The van der Waals surface area contributed by atoms with Crippen LogP contribution >= 0.6 is 30.9 Å². The highest BCUT2D eigenvalue weighted by Gasteiger charge is 2.33. The number of nitrogens with zero attached hydrogens (tertiary/aromatic N) is 1. The number of nitrogens with one attached hydrogen (secondary N) is 1. The lowest BCUT2D eigenvalue weighted by atomic mass is 10.1. The van der Waals surface area contributed by atoms with Gasteiger partial charge in [0.25, 0.3) is 0 Å². The molecule has 9 nitrogen and oxygen atoms in total. The fourth-order valence-corrected chi connectivity index (χ4v) is 4.27. The molecule has 0 spiro atoms. The molecule has 3 N–H and O–H groups in total. The molecule has 32 heavy (non-hydrogen) atoms. The van der Waals surface area contributed by atoms with Crippen LogP contribution in [0.3, 0.4) is 0 Å². The van der Waals surface area contributed by atoms with E-state index in [1.165, 1.54) is 31.3 Å². The van der Waals surface area contributed by atoms with Crippen LogP contribution in [0, 0.1) is 6.92 Å². The van der Waals surface area contributed by atoms with Crippen LogP contribution in [0.1, 0.15) is 37.6 Å². The summed E-state index contributed by atoms with van der Waals surface area (Å²) < 4.78 is 29.7. The van der Waals surface area contributed by atoms with Gasteiger partial charge in [-0.3, -0.25) is 14.3 Å². The van der Waals surface area contributed by atoms with Crippen LogP contribution in [-0.4, -0.2) is 33.3 Å². The summed E-state index contributed by atoms with van der Waals surface area (Å²) in [4.78, 5) is 16.2. The zero-order chi connectivity index (χ0) is 24.1. The van der Waals surface area contributed by atoms with E-state index >= 15 is 0 Å². The van der Waals surface area contributed by atoms with Gasteiger partial charge in [-0.25, -0.2) is 4.57 Å². The molecule has 0 fully saturated rings. The van der Waals surface area contributed by atoms with Gasteiger partial charge >= 0.3 is 13.7 Å². The van der Waals surface area contributed by atoms with Crippen molar-refractivity contribution in [3.63, 3.8) is 0 Å². The first kappa shape index (κ1) is 26.4. The maximum absolute atomic E-state index is 13.5. The second kappa shape index (κ2) is 11.3. The minimum absolute atomic E-state index is 0.0759. The Labute approximate surface area is 196 Å². The van der Waals surface area contributed by atoms with Gasteiger partial charge in [-0.1, -0.05) is 23.2 Å². The van der Waals surface area contributed by atoms with E-state index < -0.39 is 26.4 Å². The fraction of sp³-hybridized carbons (Fsp3) is 0.400. The highest BCUT2D eigenvalue weighted by molar-refractivity contribution is 7.52. The molecule has 0 bridgehead atoms. The number of aliphatic hydroxyl groups excluding tert-OH is 1. The van der Waals surface area contributed by atoms with Gasteiger partial charge in [-0.15, -0.1) is 0 Å². The molecule has 0 radical (unpaired) electrons. The van der Waals surface area contributed by atoms with Crippen molar-refractivity contribution >= 4 is 36.9 Å². The van der Waals surface area contributed by atoms with Crippen molar-refractivity contribution in [2.45, 2.75) is 53.1 Å². The number of hydrogen-bond donors (Lipinski definition) is 3. The molecule has 0 aliphatic rings. The quantitative estimate of drug-likeness (QED) is 0.314. The second-order valence-corrected chi connectivity index (χ2v) is 9.64. The number of carbonyl (C=O) groups is 1. The standard InChI is InChI=1S/C20H25Cl2N2O7P/c1-11(2)30-20(27)13(4)24-32(28,31-15-5-6-17(21)18(22)7-15)29-10-14-8-23-12(3)19(26)16(14)9-25/h5-8,11,13,25-26H,9-10H2,1-4H3,(H,24,28)/t13-,32?/m0/s1. The minimum Gasteiger partial charge on any atom is -0.506 e. The second-order valence-electron chi connectivity index (χ2n) is 7.13. The highest BCUT2D eigenvalue weighted by Crippen LogP contribution is 2.47. The third kappa shape index (κ3) is 7.07. The van der Waals surface area contributed by atoms with Crippen molar-refractivity contribution in [3.8, 4) is 11.5 Å². The van der Waals surface area contributed by atoms with Crippen LogP contribution in [0.4, 0.5) is 0 Å². The molecule has 0 saturated heterocycles. The van der Waals surface area contributed by atoms with Crippen molar-refractivity contribution in [2.24, 2.45) is 0 Å². The summed E-state index contributed by atoms with van der Waals surface area (Å²) in [7, 11) is -4.20. The summed E-state index contributed by atoms with van der Waals surface area (Å²) in [5.41, 5.74) is 0.773. The van der Waals surface area contributed by atoms with E-state index in [1.807, 2.05) is 0 Å². The Morgan fingerprint density at radius 1 is 1.25 bits per heavy atom. The average Bonchev–Trinajstić information content (AvgIpc) is 2.71. The van der Waals surface area contributed by atoms with E-state index in [4.69, 9.17) is 37.0 Å². The maximum Gasteiger partial charge on any atom is 0.459 e. The van der Waals surface area contributed by atoms with E-state index in [0.717, 1.165) is 0 Å². The molecule has 1 aromatic heterocycles. The van der Waals surface area contributed by atoms with E-state index in [0.29, 0.717) is 5.69 Å². The Bertz CT molecular complexity index is 1020. The summed E-state index contributed by atoms with van der Waals surface area (Å²) in [5.74, 6) is -0.783. The van der Waals surface area contributed by atoms with Crippen LogP contribution in [0.2, 0.25) is 10.0 Å². The molecule has 1 aromatic carbocycles. The number of pyridine rings is 1. The lowest BCUT2D eigenvalue weighted by Crippen LogP contribution is -2.36. The number of carbonyl (C=O) groups excluding carboxylic acids is 1. The SMILES string of the molecule is Cc1ncc(COP(=O)(N[C@@H](C)C(=O)OC(C)C)Oc2ccc(Cl)c(Cl)c2)c(CO)c1O. The zero-order valence-electron chi connectivity index (χ0n) is 18.0. The molecule has 0 aliphatic heterocycles. The van der Waals surface area contributed by atoms with E-state index in [-0.39, 0.29) is 45.4 Å². The number of aliphatic hydroxyl groups is 1. The average molecular weight is 507 g/mol. The van der Waals surface area contributed by atoms with Gasteiger partial charge in [0.05, 0.1) is 35.1 Å². The number of hydrogen-bond acceptors (Lipinski definition) is 8. The number of benzene rings is 1. The van der Waals surface area contributed by atoms with Gasteiger partial charge in [0, 0.05) is 23.4 Å². The summed E-state index contributed by atoms with van der Waals surface area (Å²) >= 11 is 11.9. The monoisotopic (exact) mass is 506 g/mol. The number of halogens is 2. The Morgan fingerprint density at radius 2 is 1.94 bits per heavy atom. The van der Waals surface area contributed by atoms with Gasteiger partial charge in [0.2, 0.25) is 0 Å². The number of aryl methyl sites for hydroxylation is 1. The van der Waals surface area contributed by atoms with Crippen molar-refractivity contribution in [2.75, 3.05) is 0 Å². The van der Waals surface area contributed by atoms with Gasteiger partial charge < -0.3 is 19.5 Å². The van der Waals surface area contributed by atoms with Crippen molar-refractivity contribution in [1.82, 2.24) is 10.1 Å². The highest BCUT2D eigenvalue weighted by atomic mass is 35.5. The van der Waals surface area contributed by atoms with E-state index in [2.05, 4.69) is 10.1 Å². The smallest absolute Gasteiger partial charge is 0.459 e. The van der Waals surface area contributed by atoms with Crippen LogP contribution in [0.25, 0.3) is 0 Å². The van der Waals surface area contributed by atoms with E-state index in [1.54, 1.807) is 20.8 Å². The molecule has 2 aromatic rings. The number of aromatic nitrogens is 1. The molecule has 0 amide bonds. The molecule has 1 unspecified atom stereocenters. The lowest BCUT2D eigenvalue weighted by molar-refractivity contribution is -0.149. The maximum atomic E-state index is 13.5. The third-order valence-corrected chi connectivity index (χ3v) is 6.51. The summed E-state index contributed by atoms with van der Waals surface area (Å²) in [6.45, 7) is 5.53. The lowest BCUT2D eigenvalue weighted by Gasteiger charge is -2.24. The Kier molecular flexibility index (Phi) is 9.33. The summed E-state index contributed by atoms with van der Waals surface area (Å²) in [6.07, 6.45) is 0.998. The molecular weight excluding hydrogens is 482 g/mol. The first-order chi connectivity index (χ1) is 15.0. The van der Waals surface area contributed by atoms with Gasteiger partial charge in [0.1, 0.15) is 17.5 Å². The van der Waals surface area contributed by atoms with Crippen molar-refractivity contribution in [1.29, 1.82) is 0 Å². The van der Waals surface area contributed by atoms with Crippen molar-refractivity contribution < 1.29 is 33.4 Å². The molecule has 2 atom stereocenters. The molecule has 176 valence electrons. The molecule has 12 heteroatoms. The van der Waals surface area contributed by atoms with Crippen molar-refractivity contribution in [3.05, 3.63) is 51.3 Å². The zero-order valence-corrected chi connectivity index (χ0v) is 20.4.